The summed E-state index contributed by atoms with van der Waals surface area (Å²) in [4.78, 5) is 23.8. The Morgan fingerprint density at radius 2 is 1.95 bits per heavy atom. The van der Waals surface area contributed by atoms with Crippen LogP contribution in [0.4, 0.5) is 0 Å². The standard InChI is InChI=1S/C17H23NO3S/c19-16-14(11-22)9-3-1-2-6-12-7-4-5-8-13(12)10-15(18-16)17(20)21/h4-5,7-8,14-15,22H,1-3,6,9-11H2,(H,18,19)(H,20,21)/t14-,15-/m1/s1. The number of thiol groups is 1. The first-order chi connectivity index (χ1) is 10.6. The van der Waals surface area contributed by atoms with Crippen LogP contribution in [0.1, 0.15) is 36.8 Å². The Kier molecular flexibility index (Phi) is 6.31. The van der Waals surface area contributed by atoms with E-state index in [2.05, 4.69) is 24.0 Å². The van der Waals surface area contributed by atoms with Crippen molar-refractivity contribution in [3.05, 3.63) is 35.4 Å². The molecule has 1 aliphatic heterocycles. The van der Waals surface area contributed by atoms with E-state index in [4.69, 9.17) is 0 Å². The third kappa shape index (κ3) is 4.50. The monoisotopic (exact) mass is 321 g/mol. The molecule has 4 nitrogen and oxygen atoms in total. The van der Waals surface area contributed by atoms with Gasteiger partial charge in [0.25, 0.3) is 0 Å². The zero-order chi connectivity index (χ0) is 15.9. The first-order valence-corrected chi connectivity index (χ1v) is 8.46. The molecule has 2 N–H and O–H groups in total. The first kappa shape index (κ1) is 16.9. The largest absolute Gasteiger partial charge is 0.480 e. The molecule has 2 atom stereocenters. The number of aryl methyl sites for hydroxylation is 1. The predicted molar refractivity (Wildman–Crippen MR) is 89.2 cm³/mol. The lowest BCUT2D eigenvalue weighted by atomic mass is 9.93. The lowest BCUT2D eigenvalue weighted by Crippen LogP contribution is -2.45. The van der Waals surface area contributed by atoms with Gasteiger partial charge in [0, 0.05) is 18.1 Å². The number of carboxylic acid groups (broad SMARTS) is 1. The average Bonchev–Trinajstić information content (AvgIpc) is 2.50. The van der Waals surface area contributed by atoms with Gasteiger partial charge in [-0.25, -0.2) is 4.79 Å². The third-order valence-electron chi connectivity index (χ3n) is 4.25. The molecule has 0 unspecified atom stereocenters. The number of amides is 1. The SMILES string of the molecule is O=C1N[C@@H](C(=O)O)Cc2ccccc2CCCCC[C@@H]1CS. The molecule has 0 aromatic heterocycles. The molecule has 0 radical (unpaired) electrons. The Bertz CT molecular complexity index is 532. The molecule has 22 heavy (non-hydrogen) atoms. The van der Waals surface area contributed by atoms with E-state index in [1.807, 2.05) is 18.2 Å². The molecule has 1 amide bonds. The third-order valence-corrected chi connectivity index (χ3v) is 4.69. The number of benzene rings is 1. The van der Waals surface area contributed by atoms with Crippen molar-refractivity contribution >= 4 is 24.5 Å². The fourth-order valence-corrected chi connectivity index (χ4v) is 3.25. The number of carbonyl (C=O) groups is 2. The summed E-state index contributed by atoms with van der Waals surface area (Å²) in [5.41, 5.74) is 2.20. The molecule has 0 spiro atoms. The van der Waals surface area contributed by atoms with Crippen LogP contribution in [0.25, 0.3) is 0 Å². The predicted octanol–water partition coefficient (Wildman–Crippen LogP) is 2.46. The molecular weight excluding hydrogens is 298 g/mol. The number of carbonyl (C=O) groups excluding carboxylic acids is 1. The second-order valence-electron chi connectivity index (χ2n) is 5.85. The summed E-state index contributed by atoms with van der Waals surface area (Å²) in [6.45, 7) is 0. The molecule has 0 bridgehead atoms. The van der Waals surface area contributed by atoms with Crippen LogP contribution >= 0.6 is 12.6 Å². The van der Waals surface area contributed by atoms with Crippen LogP contribution in [-0.4, -0.2) is 28.8 Å². The van der Waals surface area contributed by atoms with E-state index in [-0.39, 0.29) is 11.8 Å². The Morgan fingerprint density at radius 3 is 2.64 bits per heavy atom. The number of carboxylic acids is 1. The Hall–Kier alpha value is -1.49. The second kappa shape index (κ2) is 8.22. The van der Waals surface area contributed by atoms with Gasteiger partial charge in [0.1, 0.15) is 6.04 Å². The Balaban J connectivity index is 2.24. The summed E-state index contributed by atoms with van der Waals surface area (Å²) in [6, 6.07) is 7.03. The van der Waals surface area contributed by atoms with Crippen LogP contribution in [0.3, 0.4) is 0 Å². The van der Waals surface area contributed by atoms with Crippen molar-refractivity contribution in [2.45, 2.75) is 44.6 Å². The second-order valence-corrected chi connectivity index (χ2v) is 6.22. The van der Waals surface area contributed by atoms with Crippen molar-refractivity contribution in [1.82, 2.24) is 5.32 Å². The van der Waals surface area contributed by atoms with Crippen LogP contribution < -0.4 is 5.32 Å². The van der Waals surface area contributed by atoms with Gasteiger partial charge in [0.05, 0.1) is 0 Å². The quantitative estimate of drug-likeness (QED) is 0.733. The average molecular weight is 321 g/mol. The van der Waals surface area contributed by atoms with Gasteiger partial charge in [-0.05, 0) is 30.4 Å². The smallest absolute Gasteiger partial charge is 0.326 e. The highest BCUT2D eigenvalue weighted by Crippen LogP contribution is 2.19. The van der Waals surface area contributed by atoms with Crippen LogP contribution in [-0.2, 0) is 22.4 Å². The molecule has 0 saturated heterocycles. The summed E-state index contributed by atoms with van der Waals surface area (Å²) in [6.07, 6.45) is 5.17. The van der Waals surface area contributed by atoms with Crippen molar-refractivity contribution in [3.63, 3.8) is 0 Å². The van der Waals surface area contributed by atoms with E-state index >= 15 is 0 Å². The highest BCUT2D eigenvalue weighted by molar-refractivity contribution is 7.80. The maximum atomic E-state index is 12.3. The van der Waals surface area contributed by atoms with Crippen LogP contribution in [0.5, 0.6) is 0 Å². The topological polar surface area (TPSA) is 66.4 Å². The van der Waals surface area contributed by atoms with E-state index in [9.17, 15) is 14.7 Å². The Labute approximate surface area is 136 Å². The lowest BCUT2D eigenvalue weighted by Gasteiger charge is -2.21. The van der Waals surface area contributed by atoms with Crippen molar-refractivity contribution in [2.75, 3.05) is 5.75 Å². The molecule has 0 fully saturated rings. The van der Waals surface area contributed by atoms with Gasteiger partial charge in [-0.2, -0.15) is 12.6 Å². The van der Waals surface area contributed by atoms with Gasteiger partial charge in [0.15, 0.2) is 0 Å². The molecule has 1 heterocycles. The van der Waals surface area contributed by atoms with Crippen LogP contribution in [0, 0.1) is 5.92 Å². The molecule has 2 rings (SSSR count). The number of hydrogen-bond acceptors (Lipinski definition) is 3. The molecule has 1 aromatic rings. The molecule has 1 aliphatic rings. The van der Waals surface area contributed by atoms with E-state index in [0.29, 0.717) is 12.2 Å². The first-order valence-electron chi connectivity index (χ1n) is 7.82. The van der Waals surface area contributed by atoms with Gasteiger partial charge < -0.3 is 10.4 Å². The minimum atomic E-state index is -0.988. The fourth-order valence-electron chi connectivity index (χ4n) is 2.90. The van der Waals surface area contributed by atoms with Gasteiger partial charge in [-0.3, -0.25) is 4.79 Å². The summed E-state index contributed by atoms with van der Waals surface area (Å²) in [5.74, 6) is -0.937. The van der Waals surface area contributed by atoms with Crippen molar-refractivity contribution in [3.8, 4) is 0 Å². The van der Waals surface area contributed by atoms with Crippen molar-refractivity contribution in [2.24, 2.45) is 5.92 Å². The minimum absolute atomic E-state index is 0.194. The Morgan fingerprint density at radius 1 is 1.23 bits per heavy atom. The summed E-state index contributed by atoms with van der Waals surface area (Å²) < 4.78 is 0. The van der Waals surface area contributed by atoms with Gasteiger partial charge in [-0.1, -0.05) is 37.1 Å². The summed E-state index contributed by atoms with van der Waals surface area (Å²) >= 11 is 4.23. The normalized spacial score (nSPS) is 23.6. The molecule has 1 aromatic carbocycles. The highest BCUT2D eigenvalue weighted by atomic mass is 32.1. The fraction of sp³-hybridized carbons (Fsp3) is 0.529. The number of rotatable bonds is 2. The van der Waals surface area contributed by atoms with Crippen LogP contribution in [0.2, 0.25) is 0 Å². The number of aliphatic carboxylic acids is 1. The molecule has 0 aliphatic carbocycles. The molecule has 5 heteroatoms. The lowest BCUT2D eigenvalue weighted by molar-refractivity contribution is -0.142. The molecule has 120 valence electrons. The number of hydrogen-bond donors (Lipinski definition) is 3. The highest BCUT2D eigenvalue weighted by Gasteiger charge is 2.25. The minimum Gasteiger partial charge on any atom is -0.480 e. The molecule has 0 saturated carbocycles. The summed E-state index contributed by atoms with van der Waals surface area (Å²) in [7, 11) is 0. The van der Waals surface area contributed by atoms with E-state index < -0.39 is 12.0 Å². The van der Waals surface area contributed by atoms with E-state index in [1.54, 1.807) is 0 Å². The van der Waals surface area contributed by atoms with Gasteiger partial charge >= 0.3 is 5.97 Å². The van der Waals surface area contributed by atoms with E-state index in [1.165, 1.54) is 5.56 Å². The number of nitrogens with one attached hydrogen (secondary N) is 1. The van der Waals surface area contributed by atoms with Crippen LogP contribution in [0.15, 0.2) is 24.3 Å². The zero-order valence-electron chi connectivity index (χ0n) is 12.6. The maximum Gasteiger partial charge on any atom is 0.326 e. The molecular formula is C17H23NO3S. The van der Waals surface area contributed by atoms with Gasteiger partial charge in [-0.15, -0.1) is 0 Å². The zero-order valence-corrected chi connectivity index (χ0v) is 13.5. The van der Waals surface area contributed by atoms with Crippen molar-refractivity contribution in [1.29, 1.82) is 0 Å². The van der Waals surface area contributed by atoms with E-state index in [0.717, 1.165) is 37.7 Å². The summed E-state index contributed by atoms with van der Waals surface area (Å²) in [5, 5.41) is 12.1. The van der Waals surface area contributed by atoms with Gasteiger partial charge in [0.2, 0.25) is 5.91 Å². The van der Waals surface area contributed by atoms with Crippen molar-refractivity contribution < 1.29 is 14.7 Å². The number of fused-ring (bicyclic) bond motifs is 1. The maximum absolute atomic E-state index is 12.3.